The molecule has 0 bridgehead atoms. The van der Waals surface area contributed by atoms with Crippen LogP contribution in [0.3, 0.4) is 0 Å². The van der Waals surface area contributed by atoms with Crippen molar-refractivity contribution in [3.8, 4) is 5.75 Å². The number of nitro groups is 1. The number of rotatable bonds is 5. The fraction of sp³-hybridized carbons (Fsp3) is 0.300. The molecule has 1 saturated heterocycles. The van der Waals surface area contributed by atoms with Crippen LogP contribution in [0.2, 0.25) is 0 Å². The molecule has 2 amide bonds. The van der Waals surface area contributed by atoms with Gasteiger partial charge in [-0.3, -0.25) is 19.7 Å². The molecule has 0 radical (unpaired) electrons. The summed E-state index contributed by atoms with van der Waals surface area (Å²) in [5, 5.41) is 13.6. The lowest BCUT2D eigenvalue weighted by molar-refractivity contribution is -0.384. The zero-order valence-corrected chi connectivity index (χ0v) is 15.8. The molecular formula is C20H20FN3O5. The molecule has 3 rings (SSSR count). The third-order valence-electron chi connectivity index (χ3n) is 4.88. The predicted octanol–water partition coefficient (Wildman–Crippen LogP) is 3.23. The van der Waals surface area contributed by atoms with Crippen molar-refractivity contribution in [2.24, 2.45) is 5.92 Å². The normalized spacial score (nSPS) is 14.3. The third-order valence-corrected chi connectivity index (χ3v) is 4.88. The predicted molar refractivity (Wildman–Crippen MR) is 103 cm³/mol. The number of halogens is 1. The Balaban J connectivity index is 1.60. The molecule has 1 heterocycles. The maximum atomic E-state index is 13.3. The minimum atomic E-state index is -0.542. The first kappa shape index (κ1) is 20.2. The Morgan fingerprint density at radius 3 is 2.55 bits per heavy atom. The number of carbonyl (C=O) groups excluding carboxylic acids is 2. The fourth-order valence-corrected chi connectivity index (χ4v) is 3.28. The summed E-state index contributed by atoms with van der Waals surface area (Å²) in [5.41, 5.74) is 0.494. The average Bonchev–Trinajstić information content (AvgIpc) is 2.73. The molecule has 1 aliphatic rings. The standard InChI is InChI=1S/C20H20FN3O5/c1-29-18-12-16(24(27)28)5-6-17(18)22-19(25)13-7-9-23(10-8-13)20(26)14-3-2-4-15(21)11-14/h2-6,11-13H,7-10H2,1H3,(H,22,25). The Hall–Kier alpha value is -3.49. The lowest BCUT2D eigenvalue weighted by atomic mass is 9.95. The molecule has 0 aromatic heterocycles. The van der Waals surface area contributed by atoms with E-state index in [1.165, 1.54) is 43.5 Å². The number of anilines is 1. The van der Waals surface area contributed by atoms with Crippen LogP contribution in [-0.2, 0) is 4.79 Å². The highest BCUT2D eigenvalue weighted by Gasteiger charge is 2.28. The van der Waals surface area contributed by atoms with Crippen LogP contribution in [0.5, 0.6) is 5.75 Å². The second-order valence-electron chi connectivity index (χ2n) is 6.71. The van der Waals surface area contributed by atoms with Gasteiger partial charge >= 0.3 is 0 Å². The lowest BCUT2D eigenvalue weighted by Gasteiger charge is -2.31. The first-order valence-electron chi connectivity index (χ1n) is 9.07. The number of nitro benzene ring substituents is 1. The number of nitrogens with zero attached hydrogens (tertiary/aromatic N) is 2. The fourth-order valence-electron chi connectivity index (χ4n) is 3.28. The van der Waals surface area contributed by atoms with E-state index in [0.717, 1.165) is 0 Å². The lowest BCUT2D eigenvalue weighted by Crippen LogP contribution is -2.41. The zero-order valence-electron chi connectivity index (χ0n) is 15.8. The van der Waals surface area contributed by atoms with Crippen LogP contribution in [0.4, 0.5) is 15.8 Å². The number of hydrogen-bond donors (Lipinski definition) is 1. The van der Waals surface area contributed by atoms with Gasteiger partial charge < -0.3 is 15.0 Å². The van der Waals surface area contributed by atoms with E-state index >= 15 is 0 Å². The summed E-state index contributed by atoms with van der Waals surface area (Å²) in [4.78, 5) is 37.0. The van der Waals surface area contributed by atoms with Gasteiger partial charge in [0.1, 0.15) is 11.6 Å². The van der Waals surface area contributed by atoms with E-state index in [-0.39, 0.29) is 34.7 Å². The molecule has 2 aromatic rings. The maximum absolute atomic E-state index is 13.3. The van der Waals surface area contributed by atoms with Crippen molar-refractivity contribution < 1.29 is 23.6 Å². The molecule has 0 aliphatic carbocycles. The number of carbonyl (C=O) groups is 2. The van der Waals surface area contributed by atoms with Crippen LogP contribution < -0.4 is 10.1 Å². The summed E-state index contributed by atoms with van der Waals surface area (Å²) in [5.74, 6) is -1.09. The van der Waals surface area contributed by atoms with Crippen LogP contribution in [0, 0.1) is 21.8 Å². The Morgan fingerprint density at radius 1 is 1.21 bits per heavy atom. The van der Waals surface area contributed by atoms with Gasteiger partial charge in [-0.25, -0.2) is 4.39 Å². The Labute approximate surface area is 166 Å². The van der Waals surface area contributed by atoms with Gasteiger partial charge in [0.25, 0.3) is 11.6 Å². The Morgan fingerprint density at radius 2 is 1.93 bits per heavy atom. The molecule has 2 aromatic carbocycles. The van der Waals surface area contributed by atoms with Crippen LogP contribution in [-0.4, -0.2) is 41.8 Å². The van der Waals surface area contributed by atoms with Gasteiger partial charge in [0.05, 0.1) is 23.8 Å². The SMILES string of the molecule is COc1cc([N+](=O)[O-])ccc1NC(=O)C1CCN(C(=O)c2cccc(F)c2)CC1. The summed E-state index contributed by atoms with van der Waals surface area (Å²) >= 11 is 0. The molecule has 9 heteroatoms. The monoisotopic (exact) mass is 401 g/mol. The highest BCUT2D eigenvalue weighted by molar-refractivity contribution is 5.96. The molecule has 8 nitrogen and oxygen atoms in total. The molecular weight excluding hydrogens is 381 g/mol. The van der Waals surface area contributed by atoms with Gasteiger partial charge in [-0.15, -0.1) is 0 Å². The Bertz CT molecular complexity index is 941. The minimum Gasteiger partial charge on any atom is -0.494 e. The van der Waals surface area contributed by atoms with E-state index < -0.39 is 10.7 Å². The highest BCUT2D eigenvalue weighted by Crippen LogP contribution is 2.30. The number of hydrogen-bond acceptors (Lipinski definition) is 5. The van der Waals surface area contributed by atoms with Crippen molar-refractivity contribution >= 4 is 23.2 Å². The molecule has 0 saturated carbocycles. The molecule has 1 fully saturated rings. The molecule has 0 unspecified atom stereocenters. The highest BCUT2D eigenvalue weighted by atomic mass is 19.1. The van der Waals surface area contributed by atoms with Gasteiger partial charge in [-0.2, -0.15) is 0 Å². The van der Waals surface area contributed by atoms with Crippen molar-refractivity contribution in [2.75, 3.05) is 25.5 Å². The van der Waals surface area contributed by atoms with Gasteiger partial charge in [0.2, 0.25) is 5.91 Å². The van der Waals surface area contributed by atoms with Crippen molar-refractivity contribution in [3.63, 3.8) is 0 Å². The summed E-state index contributed by atoms with van der Waals surface area (Å²) in [6.07, 6.45) is 0.921. The summed E-state index contributed by atoms with van der Waals surface area (Å²) < 4.78 is 18.5. The van der Waals surface area contributed by atoms with Crippen molar-refractivity contribution in [1.82, 2.24) is 4.90 Å². The van der Waals surface area contributed by atoms with Gasteiger partial charge in [0.15, 0.2) is 0 Å². The Kier molecular flexibility index (Phi) is 6.06. The topological polar surface area (TPSA) is 102 Å². The number of ether oxygens (including phenoxy) is 1. The smallest absolute Gasteiger partial charge is 0.273 e. The van der Waals surface area contributed by atoms with Gasteiger partial charge in [-0.05, 0) is 37.1 Å². The van der Waals surface area contributed by atoms with Gasteiger partial charge in [0, 0.05) is 30.6 Å². The largest absolute Gasteiger partial charge is 0.494 e. The molecule has 1 aliphatic heterocycles. The molecule has 0 atom stereocenters. The second kappa shape index (κ2) is 8.68. The van der Waals surface area contributed by atoms with E-state index in [1.54, 1.807) is 11.0 Å². The molecule has 152 valence electrons. The number of non-ortho nitro benzene ring substituents is 1. The number of benzene rings is 2. The maximum Gasteiger partial charge on any atom is 0.273 e. The molecule has 29 heavy (non-hydrogen) atoms. The van der Waals surface area contributed by atoms with Crippen molar-refractivity contribution in [3.05, 3.63) is 64.0 Å². The number of amides is 2. The quantitative estimate of drug-likeness (QED) is 0.612. The summed E-state index contributed by atoms with van der Waals surface area (Å²) in [7, 11) is 1.37. The number of nitrogens with one attached hydrogen (secondary N) is 1. The summed E-state index contributed by atoms with van der Waals surface area (Å²) in [6.45, 7) is 0.760. The first-order valence-corrected chi connectivity index (χ1v) is 9.07. The van der Waals surface area contributed by atoms with E-state index in [1.807, 2.05) is 0 Å². The number of likely N-dealkylation sites (tertiary alicyclic amines) is 1. The summed E-state index contributed by atoms with van der Waals surface area (Å²) in [6, 6.07) is 9.49. The van der Waals surface area contributed by atoms with Crippen LogP contribution >= 0.6 is 0 Å². The minimum absolute atomic E-state index is 0.135. The average molecular weight is 401 g/mol. The van der Waals surface area contributed by atoms with Crippen molar-refractivity contribution in [2.45, 2.75) is 12.8 Å². The van der Waals surface area contributed by atoms with Crippen LogP contribution in [0.25, 0.3) is 0 Å². The second-order valence-corrected chi connectivity index (χ2v) is 6.71. The van der Waals surface area contributed by atoms with Crippen LogP contribution in [0.1, 0.15) is 23.2 Å². The van der Waals surface area contributed by atoms with E-state index in [9.17, 15) is 24.1 Å². The molecule has 0 spiro atoms. The third kappa shape index (κ3) is 4.68. The zero-order chi connectivity index (χ0) is 21.0. The van der Waals surface area contributed by atoms with E-state index in [2.05, 4.69) is 5.32 Å². The molecule has 1 N–H and O–H groups in total. The van der Waals surface area contributed by atoms with Crippen LogP contribution in [0.15, 0.2) is 42.5 Å². The van der Waals surface area contributed by atoms with E-state index in [0.29, 0.717) is 31.6 Å². The van der Waals surface area contributed by atoms with E-state index in [4.69, 9.17) is 4.74 Å². The number of methoxy groups -OCH3 is 1. The van der Waals surface area contributed by atoms with Crippen molar-refractivity contribution in [1.29, 1.82) is 0 Å². The number of piperidine rings is 1. The first-order chi connectivity index (χ1) is 13.9. The van der Waals surface area contributed by atoms with Gasteiger partial charge in [-0.1, -0.05) is 6.07 Å².